The predicted molar refractivity (Wildman–Crippen MR) is 120 cm³/mol. The number of para-hydroxylation sites is 1. The molecule has 6 heteroatoms. The Labute approximate surface area is 175 Å². The molecule has 0 aromatic heterocycles. The Hall–Kier alpha value is -1.79. The number of carbonyl (C=O) groups is 1. The largest absolute Gasteiger partial charge is 0.484 e. The van der Waals surface area contributed by atoms with Crippen molar-refractivity contribution < 1.29 is 9.53 Å². The van der Waals surface area contributed by atoms with Gasteiger partial charge in [0, 0.05) is 43.4 Å². The van der Waals surface area contributed by atoms with Gasteiger partial charge in [-0.25, -0.2) is 0 Å². The molecule has 2 aromatic carbocycles. The van der Waals surface area contributed by atoms with Gasteiger partial charge in [0.15, 0.2) is 6.61 Å². The highest BCUT2D eigenvalue weighted by Gasteiger charge is 2.22. The summed E-state index contributed by atoms with van der Waals surface area (Å²) in [5, 5.41) is 0. The number of rotatable bonds is 5. The minimum atomic E-state index is 0.0652. The minimum absolute atomic E-state index is 0.0652. The van der Waals surface area contributed by atoms with Gasteiger partial charge in [-0.15, -0.1) is 23.5 Å². The molecule has 0 radical (unpaired) electrons. The van der Waals surface area contributed by atoms with Crippen LogP contribution < -0.4 is 9.64 Å². The Morgan fingerprint density at radius 3 is 2.36 bits per heavy atom. The van der Waals surface area contributed by atoms with Gasteiger partial charge in [0.2, 0.25) is 0 Å². The first-order valence-corrected chi connectivity index (χ1v) is 11.8. The van der Waals surface area contributed by atoms with Gasteiger partial charge in [-0.05, 0) is 36.2 Å². The molecule has 2 heterocycles. The molecular weight excluding hydrogens is 388 g/mol. The van der Waals surface area contributed by atoms with Gasteiger partial charge >= 0.3 is 0 Å². The van der Waals surface area contributed by atoms with E-state index >= 15 is 0 Å². The van der Waals surface area contributed by atoms with Gasteiger partial charge in [0.1, 0.15) is 5.75 Å². The van der Waals surface area contributed by atoms with Crippen molar-refractivity contribution in [2.24, 2.45) is 0 Å². The molecule has 0 spiro atoms. The molecule has 2 fully saturated rings. The molecule has 1 amide bonds. The minimum Gasteiger partial charge on any atom is -0.484 e. The number of thioether (sulfide) groups is 2. The van der Waals surface area contributed by atoms with E-state index < -0.39 is 0 Å². The van der Waals surface area contributed by atoms with Gasteiger partial charge in [-0.2, -0.15) is 0 Å². The molecule has 2 saturated heterocycles. The molecule has 0 N–H and O–H groups in total. The molecular formula is C22H26N2O2S2. The van der Waals surface area contributed by atoms with Gasteiger partial charge in [0.05, 0.1) is 4.58 Å². The van der Waals surface area contributed by atoms with Crippen molar-refractivity contribution in [3.63, 3.8) is 0 Å². The van der Waals surface area contributed by atoms with E-state index in [1.165, 1.54) is 28.3 Å². The Kier molecular flexibility index (Phi) is 6.37. The summed E-state index contributed by atoms with van der Waals surface area (Å²) in [6.07, 6.45) is 0. The zero-order valence-electron chi connectivity index (χ0n) is 16.2. The monoisotopic (exact) mass is 414 g/mol. The van der Waals surface area contributed by atoms with Crippen molar-refractivity contribution in [2.75, 3.05) is 49.2 Å². The van der Waals surface area contributed by atoms with Crippen LogP contribution in [0.4, 0.5) is 5.69 Å². The number of carbonyl (C=O) groups excluding carboxylic acids is 1. The van der Waals surface area contributed by atoms with Gasteiger partial charge in [-0.3, -0.25) is 4.79 Å². The van der Waals surface area contributed by atoms with E-state index in [4.69, 9.17) is 4.74 Å². The molecule has 2 aromatic rings. The third-order valence-electron chi connectivity index (χ3n) is 5.22. The Bertz CT molecular complexity index is 798. The maximum atomic E-state index is 12.5. The zero-order valence-corrected chi connectivity index (χ0v) is 17.8. The summed E-state index contributed by atoms with van der Waals surface area (Å²) in [6.45, 7) is 5.45. The number of nitrogens with zero attached hydrogens (tertiary/aromatic N) is 2. The molecule has 2 aliphatic rings. The van der Waals surface area contributed by atoms with E-state index in [1.807, 2.05) is 40.6 Å². The van der Waals surface area contributed by atoms with Crippen LogP contribution in [-0.4, -0.2) is 55.1 Å². The maximum Gasteiger partial charge on any atom is 0.260 e. The topological polar surface area (TPSA) is 32.8 Å². The fraction of sp³-hybridized carbons (Fsp3) is 0.409. The highest BCUT2D eigenvalue weighted by Crippen LogP contribution is 2.45. The molecule has 148 valence electrons. The van der Waals surface area contributed by atoms with Crippen molar-refractivity contribution >= 4 is 35.1 Å². The van der Waals surface area contributed by atoms with Crippen molar-refractivity contribution in [1.82, 2.24) is 4.90 Å². The van der Waals surface area contributed by atoms with Gasteiger partial charge in [-0.1, -0.05) is 30.3 Å². The average molecular weight is 415 g/mol. The van der Waals surface area contributed by atoms with Crippen LogP contribution in [0.1, 0.15) is 15.7 Å². The lowest BCUT2D eigenvalue weighted by Gasteiger charge is -2.36. The summed E-state index contributed by atoms with van der Waals surface area (Å²) in [4.78, 5) is 16.8. The standard InChI is InChI=1S/C22H26N2O2S2/c1-17-4-2-3-5-20(17)23-10-12-24(13-11-23)21(25)16-26-19-8-6-18(7-9-19)22-27-14-15-28-22/h2-9,22H,10-16H2,1H3. The fourth-order valence-corrected chi connectivity index (χ4v) is 6.48. The first-order chi connectivity index (χ1) is 13.7. The van der Waals surface area contributed by atoms with Crippen molar-refractivity contribution in [1.29, 1.82) is 0 Å². The van der Waals surface area contributed by atoms with Crippen LogP contribution in [0, 0.1) is 6.92 Å². The summed E-state index contributed by atoms with van der Waals surface area (Å²) in [5.41, 5.74) is 3.88. The molecule has 4 rings (SSSR count). The maximum absolute atomic E-state index is 12.5. The first-order valence-electron chi connectivity index (χ1n) is 9.75. The van der Waals surface area contributed by atoms with Crippen molar-refractivity contribution in [3.8, 4) is 5.75 Å². The fourth-order valence-electron chi connectivity index (χ4n) is 3.62. The van der Waals surface area contributed by atoms with E-state index in [0.29, 0.717) is 4.58 Å². The lowest BCUT2D eigenvalue weighted by atomic mass is 10.1. The van der Waals surface area contributed by atoms with Crippen LogP contribution in [-0.2, 0) is 4.79 Å². The quantitative estimate of drug-likeness (QED) is 0.732. The normalized spacial score (nSPS) is 17.8. The Morgan fingerprint density at radius 1 is 1.00 bits per heavy atom. The van der Waals surface area contributed by atoms with Crippen LogP contribution >= 0.6 is 23.5 Å². The number of aryl methyl sites for hydroxylation is 1. The van der Waals surface area contributed by atoms with Crippen LogP contribution in [0.15, 0.2) is 48.5 Å². The summed E-state index contributed by atoms with van der Waals surface area (Å²) in [7, 11) is 0. The van der Waals surface area contributed by atoms with E-state index in [1.54, 1.807) is 0 Å². The summed E-state index contributed by atoms with van der Waals surface area (Å²) >= 11 is 3.99. The lowest BCUT2D eigenvalue weighted by Crippen LogP contribution is -2.50. The van der Waals surface area contributed by atoms with E-state index in [-0.39, 0.29) is 12.5 Å². The highest BCUT2D eigenvalue weighted by molar-refractivity contribution is 8.19. The van der Waals surface area contributed by atoms with Crippen LogP contribution in [0.5, 0.6) is 5.75 Å². The van der Waals surface area contributed by atoms with Crippen LogP contribution in [0.2, 0.25) is 0 Å². The molecule has 0 unspecified atom stereocenters. The molecule has 0 aliphatic carbocycles. The Balaban J connectivity index is 1.25. The second-order valence-corrected chi connectivity index (χ2v) is 9.81. The number of ether oxygens (including phenoxy) is 1. The number of hydrogen-bond acceptors (Lipinski definition) is 5. The van der Waals surface area contributed by atoms with Crippen LogP contribution in [0.3, 0.4) is 0 Å². The number of benzene rings is 2. The number of hydrogen-bond donors (Lipinski definition) is 0. The third kappa shape index (κ3) is 4.61. The van der Waals surface area contributed by atoms with Gasteiger partial charge in [0.25, 0.3) is 5.91 Å². The number of piperazine rings is 1. The predicted octanol–water partition coefficient (Wildman–Crippen LogP) is 4.20. The SMILES string of the molecule is Cc1ccccc1N1CCN(C(=O)COc2ccc(C3SCCS3)cc2)CC1. The third-order valence-corrected chi connectivity index (χ3v) is 8.33. The summed E-state index contributed by atoms with van der Waals surface area (Å²) in [6, 6.07) is 16.6. The molecule has 2 aliphatic heterocycles. The number of amides is 1. The second kappa shape index (κ2) is 9.14. The summed E-state index contributed by atoms with van der Waals surface area (Å²) < 4.78 is 6.29. The first kappa shape index (κ1) is 19.5. The van der Waals surface area contributed by atoms with Crippen molar-refractivity contribution in [2.45, 2.75) is 11.5 Å². The Morgan fingerprint density at radius 2 is 1.68 bits per heavy atom. The zero-order chi connectivity index (χ0) is 19.3. The second-order valence-electron chi connectivity index (χ2n) is 7.09. The number of anilines is 1. The molecule has 0 atom stereocenters. The van der Waals surface area contributed by atoms with Gasteiger partial charge < -0.3 is 14.5 Å². The smallest absolute Gasteiger partial charge is 0.260 e. The highest BCUT2D eigenvalue weighted by atomic mass is 32.2. The molecule has 0 saturated carbocycles. The van der Waals surface area contributed by atoms with Crippen molar-refractivity contribution in [3.05, 3.63) is 59.7 Å². The molecule has 28 heavy (non-hydrogen) atoms. The lowest BCUT2D eigenvalue weighted by molar-refractivity contribution is -0.133. The summed E-state index contributed by atoms with van der Waals surface area (Å²) in [5.74, 6) is 3.28. The average Bonchev–Trinajstić information content (AvgIpc) is 3.28. The molecule has 0 bridgehead atoms. The molecule has 4 nitrogen and oxygen atoms in total. The van der Waals surface area contributed by atoms with E-state index in [0.717, 1.165) is 31.9 Å². The van der Waals surface area contributed by atoms with E-state index in [2.05, 4.69) is 48.2 Å². The van der Waals surface area contributed by atoms with E-state index in [9.17, 15) is 4.79 Å². The van der Waals surface area contributed by atoms with Crippen LogP contribution in [0.25, 0.3) is 0 Å².